The summed E-state index contributed by atoms with van der Waals surface area (Å²) in [4.78, 5) is 12.7. The maximum Gasteiger partial charge on any atom is 0.247 e. The van der Waals surface area contributed by atoms with Gasteiger partial charge in [-0.3, -0.25) is 9.48 Å². The van der Waals surface area contributed by atoms with E-state index in [2.05, 4.69) is 21.0 Å². The second-order valence-electron chi connectivity index (χ2n) is 4.68. The van der Waals surface area contributed by atoms with Crippen LogP contribution in [0.1, 0.15) is 28.7 Å². The Balaban J connectivity index is 2.18. The summed E-state index contributed by atoms with van der Waals surface area (Å²) in [5, 5.41) is 4.73. The van der Waals surface area contributed by atoms with E-state index in [-0.39, 0.29) is 17.4 Å². The Kier molecular flexibility index (Phi) is 3.41. The minimum absolute atomic E-state index is 0.214. The average Bonchev–Trinajstić information content (AvgIpc) is 2.99. The summed E-state index contributed by atoms with van der Waals surface area (Å²) in [5.74, 6) is -0.410. The molecule has 0 aliphatic carbocycles. The monoisotopic (exact) mass is 350 g/mol. The van der Waals surface area contributed by atoms with Crippen LogP contribution in [0.15, 0.2) is 33.3 Å². The van der Waals surface area contributed by atoms with Crippen LogP contribution in [0.3, 0.4) is 0 Å². The summed E-state index contributed by atoms with van der Waals surface area (Å²) in [6.07, 6.45) is 1.58. The fraction of sp³-hybridized carbons (Fsp3) is 0.200. The maximum atomic E-state index is 13.3. The molecular formula is C15H12BrFN2O2. The minimum atomic E-state index is -0.356. The molecule has 0 bridgehead atoms. The van der Waals surface area contributed by atoms with Crippen molar-refractivity contribution >= 4 is 32.7 Å². The van der Waals surface area contributed by atoms with Gasteiger partial charge in [-0.15, -0.1) is 0 Å². The molecule has 3 rings (SSSR count). The molecule has 3 aromatic rings. The van der Waals surface area contributed by atoms with Crippen molar-refractivity contribution in [2.75, 3.05) is 0 Å². The highest BCUT2D eigenvalue weighted by molar-refractivity contribution is 9.10. The Morgan fingerprint density at radius 1 is 1.48 bits per heavy atom. The minimum Gasteiger partial charge on any atom is -0.452 e. The van der Waals surface area contributed by atoms with Gasteiger partial charge in [-0.25, -0.2) is 4.39 Å². The largest absolute Gasteiger partial charge is 0.452 e. The molecule has 0 N–H and O–H groups in total. The molecule has 0 spiro atoms. The summed E-state index contributed by atoms with van der Waals surface area (Å²) in [6.45, 7) is 4.22. The van der Waals surface area contributed by atoms with E-state index in [1.54, 1.807) is 17.8 Å². The normalized spacial score (nSPS) is 11.2. The predicted molar refractivity (Wildman–Crippen MR) is 79.9 cm³/mol. The van der Waals surface area contributed by atoms with Gasteiger partial charge in [-0.1, -0.05) is 0 Å². The van der Waals surface area contributed by atoms with Crippen molar-refractivity contribution in [3.63, 3.8) is 0 Å². The van der Waals surface area contributed by atoms with Crippen LogP contribution in [-0.4, -0.2) is 15.6 Å². The third-order valence-electron chi connectivity index (χ3n) is 3.41. The number of carbonyl (C=O) groups excluding carboxylic acids is 1. The summed E-state index contributed by atoms with van der Waals surface area (Å²) in [5.41, 5.74) is 1.56. The van der Waals surface area contributed by atoms with Crippen molar-refractivity contribution in [3.05, 3.63) is 51.7 Å². The lowest BCUT2D eigenvalue weighted by Crippen LogP contribution is -2.11. The Labute approximate surface area is 128 Å². The third-order valence-corrected chi connectivity index (χ3v) is 3.99. The van der Waals surface area contributed by atoms with E-state index in [9.17, 15) is 9.18 Å². The predicted octanol–water partition coefficient (Wildman–Crippen LogP) is 4.09. The topological polar surface area (TPSA) is 48.0 Å². The molecule has 4 nitrogen and oxygen atoms in total. The highest BCUT2D eigenvalue weighted by atomic mass is 79.9. The zero-order chi connectivity index (χ0) is 15.1. The lowest BCUT2D eigenvalue weighted by atomic mass is 10.1. The van der Waals surface area contributed by atoms with Crippen molar-refractivity contribution in [1.29, 1.82) is 0 Å². The van der Waals surface area contributed by atoms with Gasteiger partial charge in [0.05, 0.1) is 10.7 Å². The quantitative estimate of drug-likeness (QED) is 0.668. The van der Waals surface area contributed by atoms with Gasteiger partial charge in [0.15, 0.2) is 5.76 Å². The number of aromatic nitrogens is 2. The van der Waals surface area contributed by atoms with E-state index in [4.69, 9.17) is 4.42 Å². The molecule has 2 heterocycles. The fourth-order valence-corrected chi connectivity index (χ4v) is 2.82. The number of ketones is 1. The van der Waals surface area contributed by atoms with E-state index < -0.39 is 0 Å². The number of fused-ring (bicyclic) bond motifs is 1. The van der Waals surface area contributed by atoms with Crippen LogP contribution in [-0.2, 0) is 6.54 Å². The first kappa shape index (κ1) is 14.0. The lowest BCUT2D eigenvalue weighted by molar-refractivity contribution is 0.0999. The molecule has 0 aliphatic heterocycles. The molecule has 2 aromatic heterocycles. The van der Waals surface area contributed by atoms with Gasteiger partial charge in [0, 0.05) is 17.5 Å². The zero-order valence-electron chi connectivity index (χ0n) is 11.5. The third kappa shape index (κ3) is 2.19. The maximum absolute atomic E-state index is 13.3. The molecule has 108 valence electrons. The van der Waals surface area contributed by atoms with Gasteiger partial charge in [0.25, 0.3) is 0 Å². The SMILES string of the molecule is CCn1ncc(Br)c1C(=O)c1oc2ccc(F)cc2c1C. The highest BCUT2D eigenvalue weighted by Gasteiger charge is 2.24. The molecule has 0 aliphatic rings. The fourth-order valence-electron chi connectivity index (χ4n) is 2.35. The van der Waals surface area contributed by atoms with Gasteiger partial charge < -0.3 is 4.42 Å². The van der Waals surface area contributed by atoms with Crippen LogP contribution in [0.2, 0.25) is 0 Å². The molecule has 6 heteroatoms. The first-order valence-corrected chi connectivity index (χ1v) is 7.27. The number of nitrogens with zero attached hydrogens (tertiary/aromatic N) is 2. The van der Waals surface area contributed by atoms with Gasteiger partial charge in [0.2, 0.25) is 5.78 Å². The van der Waals surface area contributed by atoms with Gasteiger partial charge >= 0.3 is 0 Å². The van der Waals surface area contributed by atoms with Gasteiger partial charge in [-0.05, 0) is 48.0 Å². The van der Waals surface area contributed by atoms with Crippen LogP contribution in [0, 0.1) is 12.7 Å². The van der Waals surface area contributed by atoms with Crippen molar-refractivity contribution in [1.82, 2.24) is 9.78 Å². The number of halogens is 2. The number of hydrogen-bond donors (Lipinski definition) is 0. The smallest absolute Gasteiger partial charge is 0.247 e. The van der Waals surface area contributed by atoms with Crippen molar-refractivity contribution in [2.45, 2.75) is 20.4 Å². The first-order chi connectivity index (χ1) is 10.0. The average molecular weight is 351 g/mol. The molecule has 0 amide bonds. The highest BCUT2D eigenvalue weighted by Crippen LogP contribution is 2.29. The molecule has 0 atom stereocenters. The van der Waals surface area contributed by atoms with Crippen LogP contribution in [0.25, 0.3) is 11.0 Å². The Bertz CT molecular complexity index is 851. The lowest BCUT2D eigenvalue weighted by Gasteiger charge is -2.03. The first-order valence-electron chi connectivity index (χ1n) is 6.47. The molecule has 1 aromatic carbocycles. The molecule has 21 heavy (non-hydrogen) atoms. The number of hydrogen-bond acceptors (Lipinski definition) is 3. The summed E-state index contributed by atoms with van der Waals surface area (Å²) in [7, 11) is 0. The second kappa shape index (κ2) is 5.11. The van der Waals surface area contributed by atoms with E-state index in [0.29, 0.717) is 33.2 Å². The number of rotatable bonds is 3. The van der Waals surface area contributed by atoms with Crippen LogP contribution in [0.4, 0.5) is 4.39 Å². The van der Waals surface area contributed by atoms with Crippen LogP contribution in [0.5, 0.6) is 0 Å². The summed E-state index contributed by atoms with van der Waals surface area (Å²) < 4.78 is 21.2. The Morgan fingerprint density at radius 2 is 2.24 bits per heavy atom. The summed E-state index contributed by atoms with van der Waals surface area (Å²) >= 11 is 3.33. The van der Waals surface area contributed by atoms with E-state index in [1.165, 1.54) is 18.2 Å². The molecular weight excluding hydrogens is 339 g/mol. The summed E-state index contributed by atoms with van der Waals surface area (Å²) in [6, 6.07) is 4.21. The van der Waals surface area contributed by atoms with Gasteiger partial charge in [-0.2, -0.15) is 5.10 Å². The molecule has 0 saturated carbocycles. The number of benzene rings is 1. The molecule has 0 saturated heterocycles. The van der Waals surface area contributed by atoms with E-state index in [1.807, 2.05) is 6.92 Å². The second-order valence-corrected chi connectivity index (χ2v) is 5.54. The zero-order valence-corrected chi connectivity index (χ0v) is 13.1. The van der Waals surface area contributed by atoms with E-state index >= 15 is 0 Å². The standard InChI is InChI=1S/C15H12BrFN2O2/c1-3-19-13(11(16)7-18-19)14(20)15-8(2)10-6-9(17)4-5-12(10)21-15/h4-7H,3H2,1-2H3. The van der Waals surface area contributed by atoms with Crippen molar-refractivity contribution in [2.24, 2.45) is 0 Å². The van der Waals surface area contributed by atoms with Crippen molar-refractivity contribution < 1.29 is 13.6 Å². The number of furan rings is 1. The van der Waals surface area contributed by atoms with E-state index in [0.717, 1.165) is 0 Å². The van der Waals surface area contributed by atoms with Gasteiger partial charge in [0.1, 0.15) is 17.1 Å². The molecule has 0 radical (unpaired) electrons. The number of carbonyl (C=O) groups is 1. The molecule has 0 fully saturated rings. The Hall–Kier alpha value is -1.95. The van der Waals surface area contributed by atoms with Crippen molar-refractivity contribution in [3.8, 4) is 0 Å². The molecule has 0 unspecified atom stereocenters. The van der Waals surface area contributed by atoms with Crippen LogP contribution < -0.4 is 0 Å². The Morgan fingerprint density at radius 3 is 2.95 bits per heavy atom. The van der Waals surface area contributed by atoms with Crippen LogP contribution >= 0.6 is 15.9 Å². The number of aryl methyl sites for hydroxylation is 2.